The predicted octanol–water partition coefficient (Wildman–Crippen LogP) is 1.01. The van der Waals surface area contributed by atoms with Gasteiger partial charge in [-0.1, -0.05) is 0 Å². The van der Waals surface area contributed by atoms with Crippen molar-refractivity contribution in [1.82, 2.24) is 20.9 Å². The van der Waals surface area contributed by atoms with Crippen LogP contribution >= 0.6 is 35.3 Å². The van der Waals surface area contributed by atoms with Crippen LogP contribution in [0.5, 0.6) is 0 Å². The third kappa shape index (κ3) is 6.04. The van der Waals surface area contributed by atoms with Crippen molar-refractivity contribution in [3.63, 3.8) is 0 Å². The Bertz CT molecular complexity index is 472. The van der Waals surface area contributed by atoms with Gasteiger partial charge in [-0.15, -0.1) is 35.3 Å². The Hall–Kier alpha value is -0.900. The molecule has 1 fully saturated rings. The summed E-state index contributed by atoms with van der Waals surface area (Å²) in [5.41, 5.74) is 1.02. The van der Waals surface area contributed by atoms with Gasteiger partial charge in [-0.05, 0) is 19.8 Å². The lowest BCUT2D eigenvalue weighted by Gasteiger charge is -2.10. The Kier molecular flexibility index (Phi) is 7.20. The highest BCUT2D eigenvalue weighted by Gasteiger charge is 2.22. The first kappa shape index (κ1) is 17.2. The molecule has 0 saturated heterocycles. The van der Waals surface area contributed by atoms with E-state index < -0.39 is 0 Å². The van der Waals surface area contributed by atoms with Gasteiger partial charge >= 0.3 is 0 Å². The van der Waals surface area contributed by atoms with Crippen molar-refractivity contribution >= 4 is 47.2 Å². The van der Waals surface area contributed by atoms with Crippen molar-refractivity contribution in [1.29, 1.82) is 0 Å². The fourth-order valence-electron chi connectivity index (χ4n) is 1.53. The third-order valence-corrected chi connectivity index (χ3v) is 3.62. The Morgan fingerprint density at radius 1 is 1.50 bits per heavy atom. The summed E-state index contributed by atoms with van der Waals surface area (Å²) in [6.07, 6.45) is 2.20. The molecule has 0 spiro atoms. The maximum Gasteiger partial charge on any atom is 0.239 e. The molecule has 0 unspecified atom stereocenters. The second-order valence-electron chi connectivity index (χ2n) is 4.50. The summed E-state index contributed by atoms with van der Waals surface area (Å²) in [6, 6.07) is 0.391. The van der Waals surface area contributed by atoms with Crippen LogP contribution in [0, 0.1) is 6.92 Å². The number of hydrogen-bond acceptors (Lipinski definition) is 4. The van der Waals surface area contributed by atoms with Crippen LogP contribution in [0.4, 0.5) is 0 Å². The first-order chi connectivity index (χ1) is 9.17. The number of rotatable bonds is 5. The molecule has 0 bridgehead atoms. The molecule has 20 heavy (non-hydrogen) atoms. The minimum atomic E-state index is 0. The number of nitrogens with zero attached hydrogens (tertiary/aromatic N) is 2. The van der Waals surface area contributed by atoms with Crippen molar-refractivity contribution < 1.29 is 4.79 Å². The summed E-state index contributed by atoms with van der Waals surface area (Å²) in [5, 5.41) is 12.0. The maximum atomic E-state index is 11.5. The molecule has 112 valence electrons. The predicted molar refractivity (Wildman–Crippen MR) is 91.6 cm³/mol. The highest BCUT2D eigenvalue weighted by atomic mass is 127. The Morgan fingerprint density at radius 3 is 2.80 bits per heavy atom. The molecule has 2 rings (SSSR count). The molecule has 8 heteroatoms. The van der Waals surface area contributed by atoms with Gasteiger partial charge in [0.15, 0.2) is 5.96 Å². The molecule has 1 aromatic heterocycles. The van der Waals surface area contributed by atoms with Crippen LogP contribution in [0.15, 0.2) is 10.4 Å². The summed E-state index contributed by atoms with van der Waals surface area (Å²) in [4.78, 5) is 19.9. The van der Waals surface area contributed by atoms with E-state index >= 15 is 0 Å². The number of amides is 1. The Labute approximate surface area is 139 Å². The second kappa shape index (κ2) is 8.40. The van der Waals surface area contributed by atoms with Crippen molar-refractivity contribution in [3.8, 4) is 0 Å². The number of aromatic nitrogens is 1. The molecule has 1 aliphatic carbocycles. The molecule has 6 nitrogen and oxygen atoms in total. The second-order valence-corrected chi connectivity index (χ2v) is 5.45. The van der Waals surface area contributed by atoms with Crippen LogP contribution in [-0.2, 0) is 11.3 Å². The van der Waals surface area contributed by atoms with Crippen molar-refractivity contribution in [2.24, 2.45) is 4.99 Å². The number of aryl methyl sites for hydroxylation is 1. The highest BCUT2D eigenvalue weighted by Crippen LogP contribution is 2.18. The zero-order valence-corrected chi connectivity index (χ0v) is 14.7. The standard InChI is InChI=1S/C12H19N5OS.HI/c1-8-7-19-11(16-8)6-15-12(13-2)14-5-10(18)17-9-3-4-9;/h7,9H,3-6H2,1-2H3,(H,17,18)(H2,13,14,15);1H. The van der Waals surface area contributed by atoms with E-state index in [1.165, 1.54) is 0 Å². The average Bonchev–Trinajstić information content (AvgIpc) is 3.10. The summed E-state index contributed by atoms with van der Waals surface area (Å²) in [5.74, 6) is 0.620. The smallest absolute Gasteiger partial charge is 0.239 e. The zero-order valence-electron chi connectivity index (χ0n) is 11.6. The number of nitrogens with one attached hydrogen (secondary N) is 3. The van der Waals surface area contributed by atoms with E-state index in [-0.39, 0.29) is 36.4 Å². The number of carbonyl (C=O) groups is 1. The van der Waals surface area contributed by atoms with E-state index in [2.05, 4.69) is 25.9 Å². The molecule has 0 aliphatic heterocycles. The normalized spacial score (nSPS) is 14.4. The van der Waals surface area contributed by atoms with Gasteiger partial charge in [0.1, 0.15) is 5.01 Å². The molecular weight excluding hydrogens is 389 g/mol. The van der Waals surface area contributed by atoms with Gasteiger partial charge in [-0.25, -0.2) is 4.98 Å². The fraction of sp³-hybridized carbons (Fsp3) is 0.583. The van der Waals surface area contributed by atoms with E-state index in [9.17, 15) is 4.79 Å². The number of hydrogen-bond donors (Lipinski definition) is 3. The van der Waals surface area contributed by atoms with Gasteiger partial charge in [0.05, 0.1) is 13.1 Å². The first-order valence-electron chi connectivity index (χ1n) is 6.32. The van der Waals surface area contributed by atoms with E-state index in [1.807, 2.05) is 12.3 Å². The third-order valence-electron chi connectivity index (χ3n) is 2.66. The lowest BCUT2D eigenvalue weighted by Crippen LogP contribution is -2.43. The van der Waals surface area contributed by atoms with Gasteiger partial charge in [0.2, 0.25) is 5.91 Å². The summed E-state index contributed by atoms with van der Waals surface area (Å²) >= 11 is 1.61. The molecule has 1 heterocycles. The number of thiazole rings is 1. The molecular formula is C12H20IN5OS. The minimum Gasteiger partial charge on any atom is -0.352 e. The lowest BCUT2D eigenvalue weighted by molar-refractivity contribution is -0.120. The van der Waals surface area contributed by atoms with Gasteiger partial charge < -0.3 is 16.0 Å². The minimum absolute atomic E-state index is 0. The van der Waals surface area contributed by atoms with Crippen LogP contribution in [-0.4, -0.2) is 36.5 Å². The summed E-state index contributed by atoms with van der Waals surface area (Å²) in [7, 11) is 1.68. The lowest BCUT2D eigenvalue weighted by atomic mass is 10.5. The molecule has 0 radical (unpaired) electrons. The van der Waals surface area contributed by atoms with Crippen LogP contribution in [0.1, 0.15) is 23.5 Å². The molecule has 1 amide bonds. The molecule has 0 aromatic carbocycles. The van der Waals surface area contributed by atoms with Crippen LogP contribution in [0.25, 0.3) is 0 Å². The number of halogens is 1. The summed E-state index contributed by atoms with van der Waals surface area (Å²) < 4.78 is 0. The van der Waals surface area contributed by atoms with E-state index in [1.54, 1.807) is 18.4 Å². The monoisotopic (exact) mass is 409 g/mol. The van der Waals surface area contributed by atoms with Crippen LogP contribution in [0.2, 0.25) is 0 Å². The number of aliphatic imine (C=N–C) groups is 1. The largest absolute Gasteiger partial charge is 0.352 e. The molecule has 3 N–H and O–H groups in total. The number of guanidine groups is 1. The SMILES string of the molecule is CN=C(NCC(=O)NC1CC1)NCc1nc(C)cs1.I. The summed E-state index contributed by atoms with van der Waals surface area (Å²) in [6.45, 7) is 2.82. The zero-order chi connectivity index (χ0) is 13.7. The average molecular weight is 409 g/mol. The Morgan fingerprint density at radius 2 is 2.25 bits per heavy atom. The molecule has 1 aliphatic rings. The van der Waals surface area contributed by atoms with Gasteiger partial charge in [0, 0.05) is 24.2 Å². The highest BCUT2D eigenvalue weighted by molar-refractivity contribution is 14.0. The molecule has 1 aromatic rings. The van der Waals surface area contributed by atoms with E-state index in [0.717, 1.165) is 23.5 Å². The molecule has 1 saturated carbocycles. The van der Waals surface area contributed by atoms with Crippen molar-refractivity contribution in [2.75, 3.05) is 13.6 Å². The van der Waals surface area contributed by atoms with Crippen LogP contribution in [0.3, 0.4) is 0 Å². The quantitative estimate of drug-likeness (QED) is 0.386. The van der Waals surface area contributed by atoms with Gasteiger partial charge in [0.25, 0.3) is 0 Å². The van der Waals surface area contributed by atoms with Gasteiger partial charge in [-0.2, -0.15) is 0 Å². The van der Waals surface area contributed by atoms with E-state index in [0.29, 0.717) is 18.5 Å². The van der Waals surface area contributed by atoms with Gasteiger partial charge in [-0.3, -0.25) is 9.79 Å². The van der Waals surface area contributed by atoms with E-state index in [4.69, 9.17) is 0 Å². The fourth-order valence-corrected chi connectivity index (χ4v) is 2.25. The number of carbonyl (C=O) groups excluding carboxylic acids is 1. The molecule has 0 atom stereocenters. The Balaban J connectivity index is 0.00000200. The van der Waals surface area contributed by atoms with Crippen molar-refractivity contribution in [3.05, 3.63) is 16.1 Å². The maximum absolute atomic E-state index is 11.5. The van der Waals surface area contributed by atoms with Crippen molar-refractivity contribution in [2.45, 2.75) is 32.4 Å². The van der Waals surface area contributed by atoms with Crippen LogP contribution < -0.4 is 16.0 Å². The first-order valence-corrected chi connectivity index (χ1v) is 7.20. The topological polar surface area (TPSA) is 78.4 Å².